The zero-order valence-electron chi connectivity index (χ0n) is 16.1. The number of thiophene rings is 1. The largest absolute Gasteiger partial charge is 0.298 e. The van der Waals surface area contributed by atoms with Crippen LogP contribution in [0.2, 0.25) is 0 Å². The Morgan fingerprint density at radius 1 is 1.34 bits per heavy atom. The fourth-order valence-electron chi connectivity index (χ4n) is 2.46. The van der Waals surface area contributed by atoms with Crippen molar-refractivity contribution in [1.82, 2.24) is 20.2 Å². The monoisotopic (exact) mass is 489 g/mol. The molecule has 0 radical (unpaired) electrons. The molecule has 9 heteroatoms. The van der Waals surface area contributed by atoms with E-state index in [1.54, 1.807) is 17.6 Å². The second-order valence-corrected chi connectivity index (χ2v) is 9.21. The second-order valence-electron chi connectivity index (χ2n) is 6.41. The topological polar surface area (TPSA) is 72.2 Å². The van der Waals surface area contributed by atoms with Gasteiger partial charge in [0.05, 0.1) is 12.0 Å². The second kappa shape index (κ2) is 10.00. The predicted molar refractivity (Wildman–Crippen MR) is 123 cm³/mol. The van der Waals surface area contributed by atoms with Crippen molar-refractivity contribution >= 4 is 51.2 Å². The summed E-state index contributed by atoms with van der Waals surface area (Å²) in [6, 6.07) is 9.89. The van der Waals surface area contributed by atoms with Crippen LogP contribution in [-0.2, 0) is 11.3 Å². The number of thioether (sulfide) groups is 1. The minimum Gasteiger partial charge on any atom is -0.298 e. The highest BCUT2D eigenvalue weighted by atomic mass is 79.9. The molecule has 0 spiro atoms. The van der Waals surface area contributed by atoms with E-state index in [9.17, 15) is 4.79 Å². The summed E-state index contributed by atoms with van der Waals surface area (Å²) in [4.78, 5) is 13.2. The lowest BCUT2D eigenvalue weighted by molar-refractivity contribution is -0.118. The molecule has 0 unspecified atom stereocenters. The Hall–Kier alpha value is -2.23. The van der Waals surface area contributed by atoms with Crippen LogP contribution in [0.1, 0.15) is 17.4 Å². The summed E-state index contributed by atoms with van der Waals surface area (Å²) in [5, 5.41) is 15.3. The van der Waals surface area contributed by atoms with Crippen LogP contribution in [0.5, 0.6) is 0 Å². The van der Waals surface area contributed by atoms with Gasteiger partial charge in [-0.2, -0.15) is 5.10 Å². The fraction of sp³-hybridized carbons (Fsp3) is 0.200. The first-order valence-electron chi connectivity index (χ1n) is 8.76. The van der Waals surface area contributed by atoms with Gasteiger partial charge in [-0.05, 0) is 43.0 Å². The maximum absolute atomic E-state index is 12.2. The van der Waals surface area contributed by atoms with Crippen molar-refractivity contribution in [3.8, 4) is 11.4 Å². The van der Waals surface area contributed by atoms with E-state index in [4.69, 9.17) is 0 Å². The van der Waals surface area contributed by atoms with E-state index >= 15 is 0 Å². The average Bonchev–Trinajstić information content (AvgIpc) is 3.27. The molecule has 1 amide bonds. The number of carbonyl (C=O) groups is 1. The van der Waals surface area contributed by atoms with Crippen LogP contribution in [-0.4, -0.2) is 32.6 Å². The number of nitrogens with zero attached hydrogens (tertiary/aromatic N) is 4. The summed E-state index contributed by atoms with van der Waals surface area (Å²) in [7, 11) is 0. The highest BCUT2D eigenvalue weighted by Gasteiger charge is 2.15. The van der Waals surface area contributed by atoms with Gasteiger partial charge in [0.1, 0.15) is 0 Å². The van der Waals surface area contributed by atoms with Crippen molar-refractivity contribution in [3.05, 3.63) is 62.8 Å². The molecule has 3 aromatic rings. The van der Waals surface area contributed by atoms with Crippen molar-refractivity contribution in [2.45, 2.75) is 25.5 Å². The Morgan fingerprint density at radius 2 is 2.10 bits per heavy atom. The summed E-state index contributed by atoms with van der Waals surface area (Å²) < 4.78 is 2.97. The minimum absolute atomic E-state index is 0.190. The Kier molecular flexibility index (Phi) is 7.40. The van der Waals surface area contributed by atoms with Crippen molar-refractivity contribution in [1.29, 1.82) is 0 Å². The number of halogens is 1. The molecule has 0 fully saturated rings. The van der Waals surface area contributed by atoms with E-state index in [0.717, 1.165) is 31.9 Å². The number of hydrogen-bond acceptors (Lipinski definition) is 6. The van der Waals surface area contributed by atoms with E-state index < -0.39 is 0 Å². The number of aryl methyl sites for hydroxylation is 1. The molecule has 0 atom stereocenters. The van der Waals surface area contributed by atoms with Crippen LogP contribution in [0.15, 0.2) is 62.6 Å². The first-order valence-corrected chi connectivity index (χ1v) is 11.4. The lowest BCUT2D eigenvalue weighted by atomic mass is 10.2. The molecule has 0 saturated heterocycles. The predicted octanol–water partition coefficient (Wildman–Crippen LogP) is 4.90. The number of allylic oxidation sites excluding steroid dienone is 1. The number of nitrogens with one attached hydrogen (secondary N) is 1. The molecule has 0 bridgehead atoms. The van der Waals surface area contributed by atoms with E-state index in [0.29, 0.717) is 11.7 Å². The van der Waals surface area contributed by atoms with Crippen molar-refractivity contribution in [2.24, 2.45) is 5.10 Å². The van der Waals surface area contributed by atoms with Crippen LogP contribution in [0, 0.1) is 6.92 Å². The molecule has 6 nitrogen and oxygen atoms in total. The van der Waals surface area contributed by atoms with Crippen LogP contribution in [0.4, 0.5) is 0 Å². The Labute approximate surface area is 186 Å². The Balaban J connectivity index is 1.67. The minimum atomic E-state index is -0.199. The van der Waals surface area contributed by atoms with Gasteiger partial charge in [0.15, 0.2) is 11.0 Å². The summed E-state index contributed by atoms with van der Waals surface area (Å²) in [5.74, 6) is 0.736. The number of hydrogen-bond donors (Lipinski definition) is 1. The summed E-state index contributed by atoms with van der Waals surface area (Å²) in [5.41, 5.74) is 5.62. The number of rotatable bonds is 8. The van der Waals surface area contributed by atoms with E-state index in [1.165, 1.54) is 11.8 Å². The maximum atomic E-state index is 12.2. The van der Waals surface area contributed by atoms with E-state index in [-0.39, 0.29) is 11.7 Å². The quantitative estimate of drug-likeness (QED) is 0.211. The Bertz CT molecular complexity index is 1040. The van der Waals surface area contributed by atoms with Crippen LogP contribution < -0.4 is 5.43 Å². The molecule has 1 N–H and O–H groups in total. The van der Waals surface area contributed by atoms with Gasteiger partial charge in [-0.1, -0.05) is 52.0 Å². The van der Waals surface area contributed by atoms with Crippen LogP contribution in [0.25, 0.3) is 11.4 Å². The van der Waals surface area contributed by atoms with Gasteiger partial charge < -0.3 is 0 Å². The number of amides is 1. The number of aromatic nitrogens is 3. The molecule has 0 saturated carbocycles. The average molecular weight is 490 g/mol. The maximum Gasteiger partial charge on any atom is 0.250 e. The molecular formula is C20H20BrN5OS2. The third kappa shape index (κ3) is 5.88. The van der Waals surface area contributed by atoms with Gasteiger partial charge in [-0.15, -0.1) is 21.5 Å². The van der Waals surface area contributed by atoms with E-state index in [1.807, 2.05) is 54.1 Å². The van der Waals surface area contributed by atoms with Crippen LogP contribution in [0.3, 0.4) is 0 Å². The molecule has 29 heavy (non-hydrogen) atoms. The smallest absolute Gasteiger partial charge is 0.250 e. The van der Waals surface area contributed by atoms with Crippen molar-refractivity contribution < 1.29 is 4.79 Å². The highest BCUT2D eigenvalue weighted by Crippen LogP contribution is 2.26. The van der Waals surface area contributed by atoms with Gasteiger partial charge in [-0.3, -0.25) is 9.36 Å². The van der Waals surface area contributed by atoms with Gasteiger partial charge in [0, 0.05) is 21.5 Å². The summed E-state index contributed by atoms with van der Waals surface area (Å²) in [6.45, 7) is 8.54. The molecular weight excluding hydrogens is 470 g/mol. The molecule has 0 aliphatic heterocycles. The highest BCUT2D eigenvalue weighted by molar-refractivity contribution is 9.10. The van der Waals surface area contributed by atoms with Crippen molar-refractivity contribution in [2.75, 3.05) is 5.75 Å². The third-order valence-electron chi connectivity index (χ3n) is 3.85. The SMILES string of the molecule is C=C(C)Cn1c(SCC(=O)N/N=C/c2sccc2C)nnc1-c1ccc(Br)cc1. The molecule has 2 aromatic heterocycles. The molecule has 150 valence electrons. The standard InChI is InChI=1S/C20H20BrN5OS2/c1-13(2)11-26-19(15-4-6-16(21)7-5-15)24-25-20(26)29-12-18(27)23-22-10-17-14(3)8-9-28-17/h4-10H,1,11-12H2,2-3H3,(H,23,27)/b22-10+. The first-order chi connectivity index (χ1) is 13.9. The van der Waals surface area contributed by atoms with Gasteiger partial charge in [0.25, 0.3) is 5.91 Å². The number of carbonyl (C=O) groups excluding carboxylic acids is 1. The zero-order chi connectivity index (χ0) is 20.8. The molecule has 2 heterocycles. The van der Waals surface area contributed by atoms with Gasteiger partial charge >= 0.3 is 0 Å². The fourth-order valence-corrected chi connectivity index (χ4v) is 4.24. The lowest BCUT2D eigenvalue weighted by Gasteiger charge is -2.10. The first kappa shape index (κ1) is 21.5. The molecule has 0 aliphatic carbocycles. The van der Waals surface area contributed by atoms with Crippen LogP contribution >= 0.6 is 39.0 Å². The number of hydrazone groups is 1. The lowest BCUT2D eigenvalue weighted by Crippen LogP contribution is -2.20. The summed E-state index contributed by atoms with van der Waals surface area (Å²) in [6.07, 6.45) is 1.66. The molecule has 3 rings (SSSR count). The van der Waals surface area contributed by atoms with Gasteiger partial charge in [-0.25, -0.2) is 5.43 Å². The summed E-state index contributed by atoms with van der Waals surface area (Å²) >= 11 is 6.35. The number of benzene rings is 1. The van der Waals surface area contributed by atoms with E-state index in [2.05, 4.69) is 43.2 Å². The normalized spacial score (nSPS) is 11.1. The zero-order valence-corrected chi connectivity index (χ0v) is 19.3. The Morgan fingerprint density at radius 3 is 2.76 bits per heavy atom. The molecule has 1 aromatic carbocycles. The molecule has 0 aliphatic rings. The van der Waals surface area contributed by atoms with Crippen molar-refractivity contribution in [3.63, 3.8) is 0 Å². The van der Waals surface area contributed by atoms with Gasteiger partial charge in [0.2, 0.25) is 0 Å². The third-order valence-corrected chi connectivity index (χ3v) is 6.30.